The molecular formula is C5H13NO3S. The molecule has 0 aliphatic heterocycles. The number of carboxylic acids is 1. The van der Waals surface area contributed by atoms with Gasteiger partial charge in [-0.1, -0.05) is 0 Å². The van der Waals surface area contributed by atoms with Crippen LogP contribution >= 0.6 is 11.8 Å². The van der Waals surface area contributed by atoms with Crippen molar-refractivity contribution in [3.63, 3.8) is 0 Å². The molecule has 4 nitrogen and oxygen atoms in total. The van der Waals surface area contributed by atoms with Crippen molar-refractivity contribution in [3.05, 3.63) is 0 Å². The smallest absolute Gasteiger partial charge is 0.0885 e. The van der Waals surface area contributed by atoms with E-state index in [1.54, 1.807) is 0 Å². The Hall–Kier alpha value is -0.260. The number of carbonyl (C=O) groups is 1. The minimum absolute atomic E-state index is 0. The summed E-state index contributed by atoms with van der Waals surface area (Å²) >= 11 is 1.31. The molecule has 0 spiro atoms. The van der Waals surface area contributed by atoms with Crippen LogP contribution in [0.2, 0.25) is 0 Å². The van der Waals surface area contributed by atoms with E-state index in [9.17, 15) is 9.90 Å². The van der Waals surface area contributed by atoms with E-state index in [0.29, 0.717) is 12.2 Å². The molecule has 5 N–H and O–H groups in total. The van der Waals surface area contributed by atoms with Gasteiger partial charge in [0.2, 0.25) is 0 Å². The van der Waals surface area contributed by atoms with Crippen LogP contribution in [0.15, 0.2) is 0 Å². The van der Waals surface area contributed by atoms with Crippen molar-refractivity contribution < 1.29 is 15.0 Å². The molecule has 0 aromatic carbocycles. The summed E-state index contributed by atoms with van der Waals surface area (Å²) in [5.74, 6) is -0.272. The highest BCUT2D eigenvalue weighted by atomic mass is 32.2. The van der Waals surface area contributed by atoms with Crippen LogP contribution in [0.4, 0.5) is 0 Å². The van der Waals surface area contributed by atoms with Gasteiger partial charge in [-0.3, -0.25) is 0 Å². The molecule has 0 aliphatic rings. The van der Waals surface area contributed by atoms with Crippen LogP contribution in [-0.2, 0) is 4.79 Å². The third kappa shape index (κ3) is 10.7. The Bertz CT molecular complexity index is 89.0. The summed E-state index contributed by atoms with van der Waals surface area (Å²) in [6.07, 6.45) is 0.667. The average molecular weight is 167 g/mol. The lowest BCUT2D eigenvalue weighted by molar-refractivity contribution is -0.305. The fraction of sp³-hybridized carbons (Fsp3) is 0.800. The van der Waals surface area contributed by atoms with Crippen molar-refractivity contribution in [2.45, 2.75) is 12.8 Å². The zero-order valence-electron chi connectivity index (χ0n) is 6.00. The quantitative estimate of drug-likeness (QED) is 0.429. The van der Waals surface area contributed by atoms with Gasteiger partial charge >= 0.3 is 0 Å². The van der Waals surface area contributed by atoms with Crippen LogP contribution < -0.4 is 11.3 Å². The summed E-state index contributed by atoms with van der Waals surface area (Å²) in [5, 5.41) is 18.0. The Labute approximate surface area is 64.2 Å². The first-order valence-electron chi connectivity index (χ1n) is 2.66. The Balaban J connectivity index is 0. The van der Waals surface area contributed by atoms with Crippen molar-refractivity contribution >= 4 is 17.7 Å². The van der Waals surface area contributed by atoms with E-state index in [0.717, 1.165) is 0 Å². The lowest BCUT2D eigenvalue weighted by atomic mass is 10.3. The third-order valence-electron chi connectivity index (χ3n) is 0.761. The highest BCUT2D eigenvalue weighted by molar-refractivity contribution is 7.99. The van der Waals surface area contributed by atoms with Gasteiger partial charge in [0.15, 0.2) is 0 Å². The number of aliphatic hydroxyl groups is 1. The lowest BCUT2D eigenvalue weighted by Crippen LogP contribution is -2.21. The molecule has 0 aromatic heterocycles. The molecule has 0 saturated heterocycles. The highest BCUT2D eigenvalue weighted by Crippen LogP contribution is 2.00. The van der Waals surface area contributed by atoms with E-state index >= 15 is 0 Å². The number of hydrogen-bond acceptors (Lipinski definition) is 4. The maximum atomic E-state index is 9.78. The number of carboxylic acid groups (broad SMARTS) is 1. The summed E-state index contributed by atoms with van der Waals surface area (Å²) in [7, 11) is 0. The van der Waals surface area contributed by atoms with Crippen molar-refractivity contribution in [2.75, 3.05) is 11.7 Å². The molecule has 0 amide bonds. The van der Waals surface area contributed by atoms with Gasteiger partial charge in [-0.05, 0) is 18.6 Å². The number of carbonyl (C=O) groups excluding carboxylic acids is 1. The van der Waals surface area contributed by atoms with Gasteiger partial charge in [0, 0.05) is 5.97 Å². The van der Waals surface area contributed by atoms with Crippen LogP contribution in [0.25, 0.3) is 0 Å². The molecule has 0 heterocycles. The van der Waals surface area contributed by atoms with Gasteiger partial charge in [-0.15, -0.1) is 11.8 Å². The fourth-order valence-corrected chi connectivity index (χ4v) is 0.861. The molecule has 0 rings (SSSR count). The molecule has 0 unspecified atom stereocenters. The summed E-state index contributed by atoms with van der Waals surface area (Å²) in [5.41, 5.74) is 0. The molecule has 10 heavy (non-hydrogen) atoms. The number of aliphatic carboxylic acids is 1. The molecule has 62 valence electrons. The van der Waals surface area contributed by atoms with Gasteiger partial charge in [0.1, 0.15) is 0 Å². The van der Waals surface area contributed by atoms with E-state index < -0.39 is 5.97 Å². The van der Waals surface area contributed by atoms with Gasteiger partial charge < -0.3 is 21.2 Å². The molecule has 0 aliphatic carbocycles. The van der Waals surface area contributed by atoms with Crippen LogP contribution in [0, 0.1) is 0 Å². The molecule has 0 saturated carbocycles. The van der Waals surface area contributed by atoms with Crippen molar-refractivity contribution in [1.82, 2.24) is 6.15 Å². The minimum Gasteiger partial charge on any atom is -0.550 e. The first kappa shape index (κ1) is 12.4. The lowest BCUT2D eigenvalue weighted by Gasteiger charge is -1.98. The zero-order chi connectivity index (χ0) is 7.11. The van der Waals surface area contributed by atoms with Crippen LogP contribution in [0.5, 0.6) is 0 Å². The predicted octanol–water partition coefficient (Wildman–Crippen LogP) is -0.424. The third-order valence-corrected chi connectivity index (χ3v) is 1.52. The zero-order valence-corrected chi connectivity index (χ0v) is 6.82. The number of quaternary nitrogens is 1. The van der Waals surface area contributed by atoms with E-state index in [-0.39, 0.29) is 18.5 Å². The summed E-state index contributed by atoms with van der Waals surface area (Å²) in [4.78, 5) is 9.78. The molecule has 5 heteroatoms. The normalized spacial score (nSPS) is 8.50. The second-order valence-corrected chi connectivity index (χ2v) is 2.59. The highest BCUT2D eigenvalue weighted by Gasteiger charge is 1.87. The Morgan fingerprint density at radius 1 is 1.60 bits per heavy atom. The summed E-state index contributed by atoms with van der Waals surface area (Å²) in [6.45, 7) is 0. The molecule has 0 bridgehead atoms. The predicted molar refractivity (Wildman–Crippen MR) is 39.8 cm³/mol. The molecule has 0 radical (unpaired) electrons. The van der Waals surface area contributed by atoms with Gasteiger partial charge in [-0.2, -0.15) is 0 Å². The second-order valence-electron chi connectivity index (χ2n) is 1.51. The molecule has 0 atom stereocenters. The fourth-order valence-electron chi connectivity index (χ4n) is 0.383. The maximum Gasteiger partial charge on any atom is 0.0885 e. The van der Waals surface area contributed by atoms with Crippen molar-refractivity contribution in [3.8, 4) is 0 Å². The number of hydrogen-bond donors (Lipinski definition) is 2. The average Bonchev–Trinajstić information content (AvgIpc) is 1.80. The van der Waals surface area contributed by atoms with E-state index in [1.807, 2.05) is 0 Å². The Morgan fingerprint density at radius 2 is 2.20 bits per heavy atom. The minimum atomic E-state index is -1.02. The van der Waals surface area contributed by atoms with E-state index in [2.05, 4.69) is 0 Å². The standard InChI is InChI=1S/C5H10O3S.H3N/c6-4-9-3-1-2-5(7)8;/h6H,1-4H2,(H,7,8);1H3. The van der Waals surface area contributed by atoms with Gasteiger partial charge in [0.05, 0.1) is 5.94 Å². The number of aliphatic hydroxyl groups excluding tert-OH is 1. The first-order valence-corrected chi connectivity index (χ1v) is 3.81. The van der Waals surface area contributed by atoms with E-state index in [1.165, 1.54) is 11.8 Å². The van der Waals surface area contributed by atoms with Crippen LogP contribution in [-0.4, -0.2) is 22.8 Å². The topological polar surface area (TPSA) is 96.9 Å². The molecule has 0 aromatic rings. The summed E-state index contributed by atoms with van der Waals surface area (Å²) in [6, 6.07) is 0. The van der Waals surface area contributed by atoms with Crippen molar-refractivity contribution in [2.24, 2.45) is 0 Å². The molecular weight excluding hydrogens is 154 g/mol. The maximum absolute atomic E-state index is 9.78. The van der Waals surface area contributed by atoms with Gasteiger partial charge in [0.25, 0.3) is 0 Å². The second kappa shape index (κ2) is 8.74. The monoisotopic (exact) mass is 167 g/mol. The van der Waals surface area contributed by atoms with Crippen LogP contribution in [0.1, 0.15) is 12.8 Å². The Kier molecular flexibility index (Phi) is 10.9. The van der Waals surface area contributed by atoms with Gasteiger partial charge in [-0.25, -0.2) is 0 Å². The largest absolute Gasteiger partial charge is 0.550 e. The number of rotatable bonds is 5. The SMILES string of the molecule is O=C([O-])CCCSCO.[NH4+]. The summed E-state index contributed by atoms with van der Waals surface area (Å²) < 4.78 is 0. The molecule has 0 fully saturated rings. The van der Waals surface area contributed by atoms with Crippen LogP contribution in [0.3, 0.4) is 0 Å². The van der Waals surface area contributed by atoms with E-state index in [4.69, 9.17) is 5.11 Å². The van der Waals surface area contributed by atoms with Crippen molar-refractivity contribution in [1.29, 1.82) is 0 Å². The number of thioether (sulfide) groups is 1. The Morgan fingerprint density at radius 3 is 2.60 bits per heavy atom. The first-order chi connectivity index (χ1) is 4.27.